The third kappa shape index (κ3) is 7.90. The van der Waals surface area contributed by atoms with Crippen molar-refractivity contribution in [1.82, 2.24) is 13.7 Å². The smallest absolute Gasteiger partial charge is 0.163 e. The predicted octanol–water partition coefficient (Wildman–Crippen LogP) is 20.5. The standard InChI is InChI=1S/C73H78N4O/c1-68(2,3)42-23-29-56-49(35-42)50-36-43(69(4,5)6)24-30-57(50)75(56)64-55(41-74)63-48-21-19-20-22-62(48)78-67(63)66(77-60-33-27-46(72(13,14)15)39-53(60)54-40-47(73(16,17)18)28-34-61(54)77)65(64)76-58-31-25-44(70(7,8)9)37-51(58)52-38-45(71(10,11)12)26-32-59(52)76/h19-27,29-33,35-40H,28,34H2,1-18H3. The Bertz CT molecular complexity index is 4280. The number of rotatable bonds is 3. The van der Waals surface area contributed by atoms with Crippen molar-refractivity contribution in [2.24, 2.45) is 5.41 Å². The van der Waals surface area contributed by atoms with E-state index < -0.39 is 0 Å². The maximum atomic E-state index is 12.4. The molecule has 5 nitrogen and oxygen atoms in total. The van der Waals surface area contributed by atoms with Crippen molar-refractivity contribution >= 4 is 82.5 Å². The summed E-state index contributed by atoms with van der Waals surface area (Å²) in [5, 5.41) is 20.1. The van der Waals surface area contributed by atoms with Gasteiger partial charge in [0.15, 0.2) is 5.58 Å². The highest BCUT2D eigenvalue weighted by atomic mass is 16.3. The van der Waals surface area contributed by atoms with Crippen LogP contribution in [0, 0.1) is 16.7 Å². The summed E-state index contributed by atoms with van der Waals surface area (Å²) in [6.45, 7) is 41.7. The van der Waals surface area contributed by atoms with E-state index in [1.165, 1.54) is 71.6 Å². The Morgan fingerprint density at radius 2 is 0.782 bits per heavy atom. The summed E-state index contributed by atoms with van der Waals surface area (Å²) in [6.07, 6.45) is 4.28. The zero-order valence-electron chi connectivity index (χ0n) is 49.7. The Hall–Kier alpha value is -7.29. The molecule has 7 aromatic carbocycles. The summed E-state index contributed by atoms with van der Waals surface area (Å²) >= 11 is 0. The monoisotopic (exact) mass is 1030 g/mol. The zero-order chi connectivity index (χ0) is 55.7. The molecule has 0 saturated heterocycles. The summed E-state index contributed by atoms with van der Waals surface area (Å²) in [5.74, 6) is 0. The van der Waals surface area contributed by atoms with Gasteiger partial charge in [-0.15, -0.1) is 0 Å². The largest absolute Gasteiger partial charge is 0.454 e. The van der Waals surface area contributed by atoms with Crippen molar-refractivity contribution in [2.75, 3.05) is 0 Å². The van der Waals surface area contributed by atoms with Crippen LogP contribution in [0.15, 0.2) is 125 Å². The molecule has 396 valence electrons. The lowest BCUT2D eigenvalue weighted by Crippen LogP contribution is -2.16. The summed E-state index contributed by atoms with van der Waals surface area (Å²) in [6, 6.07) is 46.8. The first kappa shape index (κ1) is 51.5. The molecule has 4 aromatic heterocycles. The van der Waals surface area contributed by atoms with Crippen molar-refractivity contribution in [1.29, 1.82) is 5.26 Å². The lowest BCUT2D eigenvalue weighted by atomic mass is 9.79. The lowest BCUT2D eigenvalue weighted by Gasteiger charge is -2.28. The first-order valence-corrected chi connectivity index (χ1v) is 28.4. The highest BCUT2D eigenvalue weighted by Gasteiger charge is 2.36. The topological polar surface area (TPSA) is 51.7 Å². The van der Waals surface area contributed by atoms with E-state index in [0.29, 0.717) is 11.1 Å². The van der Waals surface area contributed by atoms with E-state index >= 15 is 0 Å². The van der Waals surface area contributed by atoms with Crippen LogP contribution in [0.25, 0.3) is 99.6 Å². The van der Waals surface area contributed by atoms with Gasteiger partial charge in [0, 0.05) is 43.6 Å². The molecule has 0 aliphatic heterocycles. The fraction of sp³-hybridized carbons (Fsp3) is 0.356. The number of allylic oxidation sites excluding steroid dienone is 1. The van der Waals surface area contributed by atoms with Gasteiger partial charge in [0.05, 0.1) is 49.9 Å². The first-order valence-electron chi connectivity index (χ1n) is 28.4. The number of hydrogen-bond acceptors (Lipinski definition) is 2. The van der Waals surface area contributed by atoms with Crippen LogP contribution in [0.3, 0.4) is 0 Å². The maximum absolute atomic E-state index is 12.4. The Balaban J connectivity index is 1.41. The summed E-state index contributed by atoms with van der Waals surface area (Å²) in [4.78, 5) is 0. The molecule has 12 rings (SSSR count). The van der Waals surface area contributed by atoms with Gasteiger partial charge in [0.25, 0.3) is 0 Å². The summed E-state index contributed by atoms with van der Waals surface area (Å²) in [7, 11) is 0. The minimum absolute atomic E-state index is 0.0104. The van der Waals surface area contributed by atoms with Gasteiger partial charge in [-0.1, -0.05) is 185 Å². The molecule has 0 N–H and O–H groups in total. The van der Waals surface area contributed by atoms with Gasteiger partial charge in [-0.05, 0) is 140 Å². The Morgan fingerprint density at radius 3 is 1.18 bits per heavy atom. The molecule has 0 spiro atoms. The van der Waals surface area contributed by atoms with Crippen LogP contribution in [0.1, 0.15) is 176 Å². The average Bonchev–Trinajstić information content (AvgIpc) is 4.17. The number of fused-ring (bicyclic) bond motifs is 12. The number of furan rings is 1. The molecule has 0 atom stereocenters. The second-order valence-electron chi connectivity index (χ2n) is 29.0. The normalized spacial score (nSPS) is 14.2. The molecule has 0 unspecified atom stereocenters. The minimum Gasteiger partial charge on any atom is -0.454 e. The van der Waals surface area contributed by atoms with E-state index in [0.717, 1.165) is 73.8 Å². The molecular formula is C73H78N4O. The second-order valence-corrected chi connectivity index (χ2v) is 29.0. The quantitative estimate of drug-likeness (QED) is 0.177. The van der Waals surface area contributed by atoms with E-state index in [2.05, 4.69) is 266 Å². The molecule has 4 heterocycles. The van der Waals surface area contributed by atoms with Crippen LogP contribution >= 0.6 is 0 Å². The summed E-state index contributed by atoms with van der Waals surface area (Å²) < 4.78 is 15.0. The lowest BCUT2D eigenvalue weighted by molar-refractivity contribution is 0.483. The highest BCUT2D eigenvalue weighted by molar-refractivity contribution is 6.19. The average molecular weight is 1030 g/mol. The number of nitrogens with zero attached hydrogens (tertiary/aromatic N) is 4. The fourth-order valence-electron chi connectivity index (χ4n) is 12.6. The molecule has 5 heteroatoms. The van der Waals surface area contributed by atoms with Gasteiger partial charge in [-0.25, -0.2) is 0 Å². The van der Waals surface area contributed by atoms with Gasteiger partial charge >= 0.3 is 0 Å². The number of nitriles is 1. The Kier molecular flexibility index (Phi) is 11.1. The van der Waals surface area contributed by atoms with Crippen LogP contribution in [0.2, 0.25) is 0 Å². The van der Waals surface area contributed by atoms with Crippen LogP contribution in [-0.2, 0) is 33.5 Å². The van der Waals surface area contributed by atoms with Gasteiger partial charge in [-0.2, -0.15) is 5.26 Å². The minimum atomic E-state index is -0.100. The number of hydrogen-bond donors (Lipinski definition) is 0. The van der Waals surface area contributed by atoms with E-state index in [4.69, 9.17) is 4.42 Å². The van der Waals surface area contributed by atoms with E-state index in [1.54, 1.807) is 0 Å². The molecule has 11 aromatic rings. The van der Waals surface area contributed by atoms with Crippen molar-refractivity contribution in [2.45, 2.75) is 165 Å². The second kappa shape index (κ2) is 16.9. The molecule has 0 amide bonds. The molecule has 0 saturated carbocycles. The Morgan fingerprint density at radius 1 is 0.397 bits per heavy atom. The van der Waals surface area contributed by atoms with Gasteiger partial charge in [0.1, 0.15) is 17.3 Å². The molecule has 78 heavy (non-hydrogen) atoms. The third-order valence-electron chi connectivity index (χ3n) is 17.4. The third-order valence-corrected chi connectivity index (χ3v) is 17.4. The van der Waals surface area contributed by atoms with Crippen molar-refractivity contribution in [3.8, 4) is 23.1 Å². The van der Waals surface area contributed by atoms with Gasteiger partial charge in [0.2, 0.25) is 0 Å². The predicted molar refractivity (Wildman–Crippen MR) is 333 cm³/mol. The molecule has 1 aliphatic rings. The van der Waals surface area contributed by atoms with E-state index in [1.807, 2.05) is 0 Å². The van der Waals surface area contributed by atoms with Crippen LogP contribution in [-0.4, -0.2) is 13.7 Å². The van der Waals surface area contributed by atoms with Crippen LogP contribution in [0.4, 0.5) is 0 Å². The molecule has 0 fully saturated rings. The molecule has 1 aliphatic carbocycles. The van der Waals surface area contributed by atoms with Crippen LogP contribution in [0.5, 0.6) is 0 Å². The van der Waals surface area contributed by atoms with Gasteiger partial charge < -0.3 is 18.1 Å². The maximum Gasteiger partial charge on any atom is 0.163 e. The number of para-hydroxylation sites is 1. The fourth-order valence-corrected chi connectivity index (χ4v) is 12.6. The SMILES string of the molecule is CC(C)(C)C1=Cc2c(n(-c3c(-n4c5ccc(C(C)(C)C)cc5c5cc(C(C)(C)C)ccc54)c(-n4c5ccc(C(C)(C)C)cc5c5cc(C(C)(C)C)ccc54)c(C#N)c4c3oc3ccccc34)c3ccc(C(C)(C)C)cc23)CC1. The number of benzene rings is 7. The zero-order valence-corrected chi connectivity index (χ0v) is 49.7. The summed E-state index contributed by atoms with van der Waals surface area (Å²) in [5.41, 5.74) is 19.9. The van der Waals surface area contributed by atoms with Crippen molar-refractivity contribution < 1.29 is 4.42 Å². The molecule has 0 radical (unpaired) electrons. The van der Waals surface area contributed by atoms with E-state index in [-0.39, 0.29) is 32.5 Å². The highest BCUT2D eigenvalue weighted by Crippen LogP contribution is 2.52. The number of aromatic nitrogens is 3. The Labute approximate surface area is 462 Å². The first-order chi connectivity index (χ1) is 36.4. The molecule has 0 bridgehead atoms. The van der Waals surface area contributed by atoms with Crippen molar-refractivity contribution in [3.05, 3.63) is 165 Å². The van der Waals surface area contributed by atoms with Gasteiger partial charge in [-0.3, -0.25) is 0 Å². The van der Waals surface area contributed by atoms with Crippen molar-refractivity contribution in [3.63, 3.8) is 0 Å². The van der Waals surface area contributed by atoms with Crippen LogP contribution < -0.4 is 0 Å². The van der Waals surface area contributed by atoms with E-state index in [9.17, 15) is 5.26 Å². The molecular weight excluding hydrogens is 949 g/mol.